The summed E-state index contributed by atoms with van der Waals surface area (Å²) in [7, 11) is 0. The van der Waals surface area contributed by atoms with Crippen LogP contribution in [-0.4, -0.2) is 10.9 Å². The van der Waals surface area contributed by atoms with Crippen molar-refractivity contribution in [3.8, 4) is 11.1 Å². The van der Waals surface area contributed by atoms with E-state index >= 15 is 0 Å². The third-order valence-electron chi connectivity index (χ3n) is 3.10. The molecule has 0 saturated carbocycles. The highest BCUT2D eigenvalue weighted by atomic mass is 19.1. The van der Waals surface area contributed by atoms with E-state index in [4.69, 9.17) is 5.73 Å². The lowest BCUT2D eigenvalue weighted by Crippen LogP contribution is -2.10. The van der Waals surface area contributed by atoms with E-state index in [2.05, 4.69) is 4.98 Å². The number of aromatic amines is 1. The molecule has 1 heterocycles. The Morgan fingerprint density at radius 3 is 2.79 bits per heavy atom. The number of carbonyl (C=O) groups is 1. The second-order valence-electron chi connectivity index (χ2n) is 4.34. The Kier molecular flexibility index (Phi) is 2.56. The molecule has 0 bridgehead atoms. The highest BCUT2D eigenvalue weighted by Crippen LogP contribution is 2.29. The fourth-order valence-corrected chi connectivity index (χ4v) is 2.17. The summed E-state index contributed by atoms with van der Waals surface area (Å²) in [6.07, 6.45) is 1.80. The number of fused-ring (bicyclic) bond motifs is 1. The second-order valence-corrected chi connectivity index (χ2v) is 4.34. The first kappa shape index (κ1) is 11.5. The highest BCUT2D eigenvalue weighted by Gasteiger charge is 2.09. The molecule has 0 radical (unpaired) electrons. The molecule has 0 fully saturated rings. The summed E-state index contributed by atoms with van der Waals surface area (Å²) in [5, 5.41) is 0.779. The van der Waals surface area contributed by atoms with Crippen LogP contribution in [0, 0.1) is 5.82 Å². The zero-order valence-electron chi connectivity index (χ0n) is 9.98. The van der Waals surface area contributed by atoms with Crippen LogP contribution in [0.25, 0.3) is 22.0 Å². The van der Waals surface area contributed by atoms with E-state index in [0.717, 1.165) is 22.0 Å². The molecule has 0 aliphatic carbocycles. The minimum Gasteiger partial charge on any atom is -0.366 e. The Labute approximate surface area is 108 Å². The summed E-state index contributed by atoms with van der Waals surface area (Å²) in [5.41, 5.74) is 8.22. The molecule has 0 unspecified atom stereocenters. The average Bonchev–Trinajstić information content (AvgIpc) is 2.81. The smallest absolute Gasteiger partial charge is 0.248 e. The van der Waals surface area contributed by atoms with Crippen LogP contribution in [0.15, 0.2) is 48.7 Å². The van der Waals surface area contributed by atoms with Crippen LogP contribution in [-0.2, 0) is 0 Å². The molecule has 94 valence electrons. The van der Waals surface area contributed by atoms with E-state index in [1.165, 1.54) is 12.1 Å². The van der Waals surface area contributed by atoms with E-state index in [9.17, 15) is 9.18 Å². The Hall–Kier alpha value is -2.62. The summed E-state index contributed by atoms with van der Waals surface area (Å²) in [6.45, 7) is 0. The largest absolute Gasteiger partial charge is 0.366 e. The van der Waals surface area contributed by atoms with Gasteiger partial charge in [0.15, 0.2) is 0 Å². The minimum atomic E-state index is -0.479. The van der Waals surface area contributed by atoms with Crippen LogP contribution in [0.3, 0.4) is 0 Å². The molecule has 3 rings (SSSR count). The molecule has 0 saturated heterocycles. The van der Waals surface area contributed by atoms with Crippen LogP contribution in [0.2, 0.25) is 0 Å². The third kappa shape index (κ3) is 1.97. The van der Waals surface area contributed by atoms with Crippen LogP contribution in [0.1, 0.15) is 10.4 Å². The number of amides is 1. The van der Waals surface area contributed by atoms with Crippen molar-refractivity contribution < 1.29 is 9.18 Å². The van der Waals surface area contributed by atoms with Gasteiger partial charge in [0.05, 0.1) is 0 Å². The van der Waals surface area contributed by atoms with Gasteiger partial charge < -0.3 is 10.7 Å². The predicted molar refractivity (Wildman–Crippen MR) is 72.2 cm³/mol. The molecule has 0 aliphatic rings. The number of H-pyrrole nitrogens is 1. The van der Waals surface area contributed by atoms with Gasteiger partial charge in [-0.05, 0) is 35.9 Å². The molecule has 0 aliphatic heterocycles. The zero-order chi connectivity index (χ0) is 13.4. The molecule has 3 N–H and O–H groups in total. The van der Waals surface area contributed by atoms with Crippen molar-refractivity contribution >= 4 is 16.8 Å². The molecule has 2 aromatic carbocycles. The van der Waals surface area contributed by atoms with E-state index in [0.29, 0.717) is 5.56 Å². The lowest BCUT2D eigenvalue weighted by atomic mass is 10.0. The SMILES string of the molecule is NC(=O)c1cccc(-c2c[nH]c3ccc(F)cc23)c1. The molecule has 19 heavy (non-hydrogen) atoms. The van der Waals surface area contributed by atoms with Gasteiger partial charge in [-0.1, -0.05) is 12.1 Å². The van der Waals surface area contributed by atoms with Crippen molar-refractivity contribution in [2.75, 3.05) is 0 Å². The van der Waals surface area contributed by atoms with Gasteiger partial charge in [-0.15, -0.1) is 0 Å². The number of halogens is 1. The number of benzene rings is 2. The average molecular weight is 254 g/mol. The van der Waals surface area contributed by atoms with E-state index in [-0.39, 0.29) is 5.82 Å². The van der Waals surface area contributed by atoms with Gasteiger partial charge in [-0.2, -0.15) is 0 Å². The monoisotopic (exact) mass is 254 g/mol. The number of hydrogen-bond donors (Lipinski definition) is 2. The number of nitrogens with two attached hydrogens (primary N) is 1. The van der Waals surface area contributed by atoms with Gasteiger partial charge in [0, 0.05) is 28.2 Å². The molecule has 3 aromatic rings. The number of nitrogens with one attached hydrogen (secondary N) is 1. The van der Waals surface area contributed by atoms with Crippen molar-refractivity contribution in [1.29, 1.82) is 0 Å². The maximum Gasteiger partial charge on any atom is 0.248 e. The van der Waals surface area contributed by atoms with Gasteiger partial charge in [0.1, 0.15) is 5.82 Å². The van der Waals surface area contributed by atoms with Crippen LogP contribution in [0.4, 0.5) is 4.39 Å². The van der Waals surface area contributed by atoms with E-state index < -0.39 is 5.91 Å². The van der Waals surface area contributed by atoms with Crippen molar-refractivity contribution in [3.05, 3.63) is 60.0 Å². The number of rotatable bonds is 2. The molecule has 3 nitrogen and oxygen atoms in total. The molecular formula is C15H11FN2O. The van der Waals surface area contributed by atoms with Crippen molar-refractivity contribution in [1.82, 2.24) is 4.98 Å². The minimum absolute atomic E-state index is 0.292. The highest BCUT2D eigenvalue weighted by molar-refractivity contribution is 5.98. The summed E-state index contributed by atoms with van der Waals surface area (Å²) in [6, 6.07) is 11.5. The molecule has 4 heteroatoms. The first-order chi connectivity index (χ1) is 9.15. The molecule has 0 atom stereocenters. The first-order valence-electron chi connectivity index (χ1n) is 5.82. The number of primary amides is 1. The summed E-state index contributed by atoms with van der Waals surface area (Å²) >= 11 is 0. The second kappa shape index (κ2) is 4.24. The lowest BCUT2D eigenvalue weighted by Gasteiger charge is -2.02. The Morgan fingerprint density at radius 1 is 1.16 bits per heavy atom. The van der Waals surface area contributed by atoms with Gasteiger partial charge in [0.25, 0.3) is 0 Å². The molecule has 0 spiro atoms. The molecule has 1 aromatic heterocycles. The number of carbonyl (C=O) groups excluding carboxylic acids is 1. The quantitative estimate of drug-likeness (QED) is 0.725. The summed E-state index contributed by atoms with van der Waals surface area (Å²) in [4.78, 5) is 14.3. The zero-order valence-corrected chi connectivity index (χ0v) is 9.98. The van der Waals surface area contributed by atoms with Gasteiger partial charge in [-0.3, -0.25) is 4.79 Å². The fourth-order valence-electron chi connectivity index (χ4n) is 2.17. The normalized spacial score (nSPS) is 10.8. The maximum absolute atomic E-state index is 13.3. The Balaban J connectivity index is 2.21. The van der Waals surface area contributed by atoms with Gasteiger partial charge in [0.2, 0.25) is 5.91 Å². The summed E-state index contributed by atoms with van der Waals surface area (Å²) in [5.74, 6) is -0.771. The third-order valence-corrected chi connectivity index (χ3v) is 3.10. The van der Waals surface area contributed by atoms with E-state index in [1.54, 1.807) is 30.5 Å². The Bertz CT molecular complexity index is 777. The van der Waals surface area contributed by atoms with Crippen molar-refractivity contribution in [2.24, 2.45) is 5.73 Å². The Morgan fingerprint density at radius 2 is 2.00 bits per heavy atom. The molecular weight excluding hydrogens is 243 g/mol. The van der Waals surface area contributed by atoms with Crippen LogP contribution < -0.4 is 5.73 Å². The summed E-state index contributed by atoms with van der Waals surface area (Å²) < 4.78 is 13.3. The van der Waals surface area contributed by atoms with Crippen molar-refractivity contribution in [3.63, 3.8) is 0 Å². The van der Waals surface area contributed by atoms with Gasteiger partial charge in [-0.25, -0.2) is 4.39 Å². The van der Waals surface area contributed by atoms with E-state index in [1.807, 2.05) is 6.07 Å². The predicted octanol–water partition coefficient (Wildman–Crippen LogP) is 3.07. The van der Waals surface area contributed by atoms with Gasteiger partial charge >= 0.3 is 0 Å². The topological polar surface area (TPSA) is 58.9 Å². The number of hydrogen-bond acceptors (Lipinski definition) is 1. The standard InChI is InChI=1S/C15H11FN2O/c16-11-4-5-14-12(7-11)13(8-18-14)9-2-1-3-10(6-9)15(17)19/h1-8,18H,(H2,17,19). The van der Waals surface area contributed by atoms with Crippen molar-refractivity contribution in [2.45, 2.75) is 0 Å². The number of aromatic nitrogens is 1. The lowest BCUT2D eigenvalue weighted by molar-refractivity contribution is 0.100. The van der Waals surface area contributed by atoms with Crippen LogP contribution in [0.5, 0.6) is 0 Å². The molecule has 1 amide bonds. The fraction of sp³-hybridized carbons (Fsp3) is 0. The first-order valence-corrected chi connectivity index (χ1v) is 5.82. The maximum atomic E-state index is 13.3. The van der Waals surface area contributed by atoms with Crippen LogP contribution >= 0.6 is 0 Å².